The molecule has 2 amide bonds. The number of pyridine rings is 1. The minimum atomic E-state index is -0.402. The normalized spacial score (nSPS) is 22.7. The predicted octanol–water partition coefficient (Wildman–Crippen LogP) is 0.339. The van der Waals surface area contributed by atoms with Crippen LogP contribution in [0.3, 0.4) is 0 Å². The maximum absolute atomic E-state index is 12.7. The van der Waals surface area contributed by atoms with Crippen molar-refractivity contribution in [1.82, 2.24) is 14.8 Å². The van der Waals surface area contributed by atoms with Gasteiger partial charge in [0.2, 0.25) is 6.41 Å². The van der Waals surface area contributed by atoms with E-state index in [1.54, 1.807) is 16.0 Å². The Bertz CT molecular complexity index is 659. The molecule has 0 radical (unpaired) electrons. The van der Waals surface area contributed by atoms with E-state index in [2.05, 4.69) is 9.88 Å². The smallest absolute Gasteiger partial charge is 0.272 e. The van der Waals surface area contributed by atoms with Crippen LogP contribution in [0.15, 0.2) is 18.3 Å². The van der Waals surface area contributed by atoms with Crippen molar-refractivity contribution in [2.24, 2.45) is 0 Å². The van der Waals surface area contributed by atoms with E-state index in [-0.39, 0.29) is 5.91 Å². The van der Waals surface area contributed by atoms with Gasteiger partial charge in [0.25, 0.3) is 5.91 Å². The van der Waals surface area contributed by atoms with Gasteiger partial charge in [0, 0.05) is 64.0 Å². The summed E-state index contributed by atoms with van der Waals surface area (Å²) in [6.45, 7) is 5.24. The number of hydrogen-bond acceptors (Lipinski definition) is 6. The fourth-order valence-electron chi connectivity index (χ4n) is 3.82. The Morgan fingerprint density at radius 1 is 1.08 bits per heavy atom. The van der Waals surface area contributed by atoms with E-state index < -0.39 is 5.79 Å². The number of carbonyl (C=O) groups is 2. The largest absolute Gasteiger partial charge is 0.371 e. The van der Waals surface area contributed by atoms with Crippen LogP contribution < -0.4 is 4.90 Å². The van der Waals surface area contributed by atoms with Gasteiger partial charge in [0.15, 0.2) is 5.79 Å². The van der Waals surface area contributed by atoms with Crippen LogP contribution in [0.1, 0.15) is 23.3 Å². The second-order valence-corrected chi connectivity index (χ2v) is 6.93. The third-order valence-electron chi connectivity index (χ3n) is 5.42. The van der Waals surface area contributed by atoms with E-state index in [4.69, 9.17) is 9.47 Å². The first-order chi connectivity index (χ1) is 12.7. The van der Waals surface area contributed by atoms with Crippen molar-refractivity contribution in [3.8, 4) is 0 Å². The minimum Gasteiger partial charge on any atom is -0.371 e. The van der Waals surface area contributed by atoms with Gasteiger partial charge in [-0.2, -0.15) is 0 Å². The van der Waals surface area contributed by atoms with Crippen molar-refractivity contribution in [1.29, 1.82) is 0 Å². The molecule has 1 spiro atoms. The fraction of sp³-hybridized carbons (Fsp3) is 0.611. The number of anilines is 1. The molecule has 0 bridgehead atoms. The summed E-state index contributed by atoms with van der Waals surface area (Å²) in [5.41, 5.74) is 1.46. The first kappa shape index (κ1) is 17.2. The van der Waals surface area contributed by atoms with Crippen LogP contribution in [0, 0.1) is 0 Å². The van der Waals surface area contributed by atoms with Gasteiger partial charge in [-0.15, -0.1) is 0 Å². The summed E-state index contributed by atoms with van der Waals surface area (Å²) in [4.78, 5) is 33.5. The van der Waals surface area contributed by atoms with Crippen molar-refractivity contribution in [2.75, 3.05) is 57.4 Å². The number of amides is 2. The molecule has 3 saturated heterocycles. The molecule has 4 rings (SSSR count). The maximum Gasteiger partial charge on any atom is 0.272 e. The molecular weight excluding hydrogens is 336 g/mol. The number of carbonyl (C=O) groups excluding carboxylic acids is 2. The average molecular weight is 360 g/mol. The Morgan fingerprint density at radius 3 is 2.42 bits per heavy atom. The second kappa shape index (κ2) is 7.20. The first-order valence-electron chi connectivity index (χ1n) is 9.17. The zero-order chi connectivity index (χ0) is 18.0. The van der Waals surface area contributed by atoms with Crippen molar-refractivity contribution < 1.29 is 19.1 Å². The molecule has 3 aliphatic heterocycles. The number of piperazine rings is 1. The number of nitrogens with zero attached hydrogens (tertiary/aromatic N) is 4. The van der Waals surface area contributed by atoms with Crippen LogP contribution >= 0.6 is 0 Å². The standard InChI is InChI=1S/C18H24N4O4/c23-14-20-7-9-22(10-8-20)17(24)16-13-15(1-4-19-16)21-5-2-18(3-6-21)25-11-12-26-18/h1,4,13-14H,2-3,5-12H2. The van der Waals surface area contributed by atoms with E-state index in [1.807, 2.05) is 12.1 Å². The second-order valence-electron chi connectivity index (χ2n) is 6.93. The van der Waals surface area contributed by atoms with Crippen LogP contribution in [-0.4, -0.2) is 85.4 Å². The zero-order valence-electron chi connectivity index (χ0n) is 14.8. The molecule has 8 nitrogen and oxygen atoms in total. The minimum absolute atomic E-state index is 0.0756. The highest BCUT2D eigenvalue weighted by Gasteiger charge is 2.39. The SMILES string of the molecule is O=CN1CCN(C(=O)c2cc(N3CCC4(CC3)OCCO4)ccn2)CC1. The van der Waals surface area contributed by atoms with E-state index in [0.717, 1.165) is 38.0 Å². The predicted molar refractivity (Wildman–Crippen MR) is 93.9 cm³/mol. The lowest BCUT2D eigenvalue weighted by Crippen LogP contribution is -2.48. The van der Waals surface area contributed by atoms with Gasteiger partial charge in [-0.25, -0.2) is 0 Å². The summed E-state index contributed by atoms with van der Waals surface area (Å²) in [5, 5.41) is 0. The highest BCUT2D eigenvalue weighted by atomic mass is 16.7. The summed E-state index contributed by atoms with van der Waals surface area (Å²) in [5.74, 6) is -0.478. The lowest BCUT2D eigenvalue weighted by atomic mass is 10.0. The van der Waals surface area contributed by atoms with Crippen LogP contribution in [0.4, 0.5) is 5.69 Å². The van der Waals surface area contributed by atoms with Crippen molar-refractivity contribution in [3.63, 3.8) is 0 Å². The first-order valence-corrected chi connectivity index (χ1v) is 9.17. The highest BCUT2D eigenvalue weighted by Crippen LogP contribution is 2.33. The van der Waals surface area contributed by atoms with Gasteiger partial charge in [-0.3, -0.25) is 14.6 Å². The van der Waals surface area contributed by atoms with Crippen LogP contribution in [0.5, 0.6) is 0 Å². The molecule has 0 aromatic carbocycles. The number of piperidine rings is 1. The van der Waals surface area contributed by atoms with E-state index in [1.165, 1.54) is 0 Å². The van der Waals surface area contributed by atoms with E-state index in [9.17, 15) is 9.59 Å². The molecule has 8 heteroatoms. The molecule has 0 atom stereocenters. The molecule has 1 aromatic heterocycles. The number of rotatable bonds is 3. The number of hydrogen-bond donors (Lipinski definition) is 0. The van der Waals surface area contributed by atoms with Crippen molar-refractivity contribution in [2.45, 2.75) is 18.6 Å². The average Bonchev–Trinajstić information content (AvgIpc) is 3.16. The van der Waals surface area contributed by atoms with Gasteiger partial charge in [0.1, 0.15) is 5.69 Å². The Balaban J connectivity index is 1.40. The summed E-state index contributed by atoms with van der Waals surface area (Å²) in [6.07, 6.45) is 4.18. The van der Waals surface area contributed by atoms with Gasteiger partial charge in [-0.1, -0.05) is 0 Å². The summed E-state index contributed by atoms with van der Waals surface area (Å²) >= 11 is 0. The Hall–Kier alpha value is -2.19. The molecule has 0 saturated carbocycles. The lowest BCUT2D eigenvalue weighted by molar-refractivity contribution is -0.169. The third-order valence-corrected chi connectivity index (χ3v) is 5.42. The third kappa shape index (κ3) is 3.39. The molecule has 0 unspecified atom stereocenters. The maximum atomic E-state index is 12.7. The molecule has 26 heavy (non-hydrogen) atoms. The van der Waals surface area contributed by atoms with Crippen LogP contribution in [0.25, 0.3) is 0 Å². The molecule has 0 N–H and O–H groups in total. The molecule has 3 aliphatic rings. The molecule has 1 aromatic rings. The quantitative estimate of drug-likeness (QED) is 0.724. The van der Waals surface area contributed by atoms with Crippen molar-refractivity contribution >= 4 is 18.0 Å². The van der Waals surface area contributed by atoms with E-state index in [0.29, 0.717) is 45.1 Å². The molecular formula is C18H24N4O4. The van der Waals surface area contributed by atoms with Crippen LogP contribution in [0.2, 0.25) is 0 Å². The summed E-state index contributed by atoms with van der Waals surface area (Å²) in [7, 11) is 0. The number of aromatic nitrogens is 1. The Kier molecular flexibility index (Phi) is 4.78. The Labute approximate surface area is 152 Å². The fourth-order valence-corrected chi connectivity index (χ4v) is 3.82. The number of ether oxygens (including phenoxy) is 2. The van der Waals surface area contributed by atoms with Crippen LogP contribution in [-0.2, 0) is 14.3 Å². The highest BCUT2D eigenvalue weighted by molar-refractivity contribution is 5.93. The summed E-state index contributed by atoms with van der Waals surface area (Å²) < 4.78 is 11.5. The van der Waals surface area contributed by atoms with Gasteiger partial charge < -0.3 is 24.2 Å². The van der Waals surface area contributed by atoms with E-state index >= 15 is 0 Å². The molecule has 3 fully saturated rings. The monoisotopic (exact) mass is 360 g/mol. The molecule has 140 valence electrons. The van der Waals surface area contributed by atoms with Gasteiger partial charge in [0.05, 0.1) is 13.2 Å². The molecule has 0 aliphatic carbocycles. The lowest BCUT2D eigenvalue weighted by Gasteiger charge is -2.38. The Morgan fingerprint density at radius 2 is 1.77 bits per heavy atom. The topological polar surface area (TPSA) is 75.2 Å². The van der Waals surface area contributed by atoms with Crippen molar-refractivity contribution in [3.05, 3.63) is 24.0 Å². The zero-order valence-corrected chi connectivity index (χ0v) is 14.8. The van der Waals surface area contributed by atoms with Gasteiger partial charge in [-0.05, 0) is 12.1 Å². The van der Waals surface area contributed by atoms with Gasteiger partial charge >= 0.3 is 0 Å². The molecule has 4 heterocycles. The summed E-state index contributed by atoms with van der Waals surface area (Å²) in [6, 6.07) is 3.80.